The van der Waals surface area contributed by atoms with Crippen LogP contribution in [-0.2, 0) is 6.54 Å². The maximum atomic E-state index is 12.6. The number of amides is 2. The zero-order valence-corrected chi connectivity index (χ0v) is 23.7. The summed E-state index contributed by atoms with van der Waals surface area (Å²) in [5.74, 6) is -0.622. The number of para-hydroxylation sites is 1. The molecule has 0 unspecified atom stereocenters. The number of aromatic hydroxyl groups is 1. The Kier molecular flexibility index (Phi) is 8.08. The Morgan fingerprint density at radius 1 is 0.978 bits per heavy atom. The van der Waals surface area contributed by atoms with Gasteiger partial charge in [-0.2, -0.15) is 5.10 Å². The lowest BCUT2D eigenvalue weighted by atomic mass is 10.2. The van der Waals surface area contributed by atoms with Gasteiger partial charge >= 0.3 is 0 Å². The fourth-order valence-electron chi connectivity index (χ4n) is 4.52. The molecule has 2 N–H and O–H groups in total. The number of nitrogens with zero attached hydrogens (tertiary/aromatic N) is 9. The highest BCUT2D eigenvalue weighted by molar-refractivity contribution is 5.98. The highest BCUT2D eigenvalue weighted by atomic mass is 16.5. The molecule has 2 amide bonds. The van der Waals surface area contributed by atoms with Crippen LogP contribution in [0.4, 0.5) is 5.69 Å². The Morgan fingerprint density at radius 3 is 2.47 bits per heavy atom. The van der Waals surface area contributed by atoms with Crippen molar-refractivity contribution >= 4 is 34.6 Å². The number of hydrogen-bond donors (Lipinski definition) is 2. The summed E-state index contributed by atoms with van der Waals surface area (Å²) in [6.45, 7) is 0.126. The third-order valence-electron chi connectivity index (χ3n) is 6.74. The fraction of sp³-hybridized carbons (Fsp3) is 0.0645. The van der Waals surface area contributed by atoms with Crippen molar-refractivity contribution in [3.05, 3.63) is 120 Å². The topological polar surface area (TPSA) is 174 Å². The first-order valence-electron chi connectivity index (χ1n) is 13.5. The Morgan fingerprint density at radius 2 is 1.71 bits per heavy atom. The highest BCUT2D eigenvalue weighted by Gasteiger charge is 2.20. The van der Waals surface area contributed by atoms with Crippen molar-refractivity contribution in [3.63, 3.8) is 0 Å². The van der Waals surface area contributed by atoms with Crippen LogP contribution < -0.4 is 10.2 Å². The summed E-state index contributed by atoms with van der Waals surface area (Å²) in [5, 5.41) is 32.4. The fourth-order valence-corrected chi connectivity index (χ4v) is 4.52. The van der Waals surface area contributed by atoms with Gasteiger partial charge < -0.3 is 14.4 Å². The average molecular weight is 601 g/mol. The minimum atomic E-state index is -0.581. The standard InChI is InChI=1S/C31H24N10O4/c1-45-24-6-7-27-25(16-24)28(36-38-30(43)21-10-14-33-15-11-21)31(44)40(27)18-23-19-41(39-35-23)26-5-3-2-4-22(26)17-34-37-29(42)20-8-12-32-13-9-20/h2-17,19,44H,18H2,1H3,(H,37,42)/b34-17-,38-36?. The summed E-state index contributed by atoms with van der Waals surface area (Å²) in [6.07, 6.45) is 9.25. The molecule has 0 saturated carbocycles. The molecule has 0 aliphatic rings. The molecule has 2 aromatic carbocycles. The number of aromatic nitrogens is 6. The second kappa shape index (κ2) is 12.7. The number of rotatable bonds is 9. The molecule has 0 atom stereocenters. The lowest BCUT2D eigenvalue weighted by Crippen LogP contribution is -2.17. The third-order valence-corrected chi connectivity index (χ3v) is 6.74. The van der Waals surface area contributed by atoms with Gasteiger partial charge in [0.1, 0.15) is 11.4 Å². The van der Waals surface area contributed by atoms with Crippen LogP contribution in [-0.4, -0.2) is 59.8 Å². The van der Waals surface area contributed by atoms with Crippen LogP contribution in [0.1, 0.15) is 32.0 Å². The van der Waals surface area contributed by atoms with Crippen molar-refractivity contribution in [2.45, 2.75) is 6.54 Å². The van der Waals surface area contributed by atoms with Gasteiger partial charge in [0.25, 0.3) is 11.8 Å². The smallest absolute Gasteiger partial charge is 0.295 e. The number of hydrazone groups is 1. The number of hydrogen-bond acceptors (Lipinski definition) is 10. The van der Waals surface area contributed by atoms with Crippen LogP contribution >= 0.6 is 0 Å². The summed E-state index contributed by atoms with van der Waals surface area (Å²) in [4.78, 5) is 32.7. The number of benzene rings is 2. The molecule has 45 heavy (non-hydrogen) atoms. The minimum Gasteiger partial charge on any atom is -0.497 e. The van der Waals surface area contributed by atoms with Gasteiger partial charge in [-0.25, -0.2) is 10.1 Å². The number of ether oxygens (including phenoxy) is 1. The van der Waals surface area contributed by atoms with E-state index in [2.05, 4.69) is 41.0 Å². The number of carbonyl (C=O) groups is 2. The van der Waals surface area contributed by atoms with E-state index in [1.807, 2.05) is 24.3 Å². The second-order valence-corrected chi connectivity index (χ2v) is 9.53. The summed E-state index contributed by atoms with van der Waals surface area (Å²) in [7, 11) is 1.53. The van der Waals surface area contributed by atoms with Gasteiger partial charge in [0, 0.05) is 46.9 Å². The molecule has 14 heteroatoms. The normalized spacial score (nSPS) is 11.4. The second-order valence-electron chi connectivity index (χ2n) is 9.53. The number of methoxy groups -OCH3 is 1. The molecule has 0 saturated heterocycles. The van der Waals surface area contributed by atoms with Gasteiger partial charge in [-0.3, -0.25) is 19.6 Å². The minimum absolute atomic E-state index is 0.106. The number of carbonyl (C=O) groups excluding carboxylic acids is 2. The SMILES string of the molecule is COc1ccc2c(c1)c(N=NC(=O)c1ccncc1)c(O)n2Cc1cn(-c2ccccc2/C=N\NC(=O)c2ccncc2)nn1. The molecule has 222 valence electrons. The van der Waals surface area contributed by atoms with Gasteiger partial charge in [0.05, 0.1) is 37.3 Å². The maximum Gasteiger partial charge on any atom is 0.295 e. The monoisotopic (exact) mass is 600 g/mol. The van der Waals surface area contributed by atoms with Crippen molar-refractivity contribution in [2.24, 2.45) is 15.3 Å². The molecule has 0 aliphatic carbocycles. The third kappa shape index (κ3) is 6.15. The predicted octanol–water partition coefficient (Wildman–Crippen LogP) is 4.46. The quantitative estimate of drug-likeness (QED) is 0.139. The first-order chi connectivity index (χ1) is 22.0. The first-order valence-corrected chi connectivity index (χ1v) is 13.5. The van der Waals surface area contributed by atoms with Crippen molar-refractivity contribution < 1.29 is 19.4 Å². The van der Waals surface area contributed by atoms with E-state index >= 15 is 0 Å². The molecule has 4 aromatic heterocycles. The van der Waals surface area contributed by atoms with Crippen molar-refractivity contribution in [1.82, 2.24) is 35.0 Å². The van der Waals surface area contributed by atoms with Crippen LogP contribution in [0, 0.1) is 0 Å². The summed E-state index contributed by atoms with van der Waals surface area (Å²) < 4.78 is 8.53. The largest absolute Gasteiger partial charge is 0.497 e. The van der Waals surface area contributed by atoms with E-state index in [9.17, 15) is 14.7 Å². The summed E-state index contributed by atoms with van der Waals surface area (Å²) in [6, 6.07) is 18.8. The Balaban J connectivity index is 1.27. The molecule has 0 spiro atoms. The van der Waals surface area contributed by atoms with Crippen molar-refractivity contribution in [1.29, 1.82) is 0 Å². The molecule has 4 heterocycles. The number of fused-ring (bicyclic) bond motifs is 1. The van der Waals surface area contributed by atoms with E-state index in [0.29, 0.717) is 44.7 Å². The van der Waals surface area contributed by atoms with Crippen LogP contribution in [0.3, 0.4) is 0 Å². The number of azo groups is 1. The van der Waals surface area contributed by atoms with Crippen LogP contribution in [0.15, 0.2) is 113 Å². The van der Waals surface area contributed by atoms with Gasteiger partial charge in [-0.15, -0.1) is 15.3 Å². The van der Waals surface area contributed by atoms with E-state index < -0.39 is 5.91 Å². The van der Waals surface area contributed by atoms with Crippen LogP contribution in [0.2, 0.25) is 0 Å². The number of pyridine rings is 2. The molecular weight excluding hydrogens is 576 g/mol. The Bertz CT molecular complexity index is 2050. The summed E-state index contributed by atoms with van der Waals surface area (Å²) in [5.41, 5.74) is 5.82. The Hall–Kier alpha value is -6.57. The molecule has 0 radical (unpaired) electrons. The van der Waals surface area contributed by atoms with E-state index in [0.717, 1.165) is 0 Å². The predicted molar refractivity (Wildman–Crippen MR) is 163 cm³/mol. The maximum absolute atomic E-state index is 12.6. The van der Waals surface area contributed by atoms with Crippen LogP contribution in [0.5, 0.6) is 11.6 Å². The zero-order valence-electron chi connectivity index (χ0n) is 23.7. The van der Waals surface area contributed by atoms with Crippen LogP contribution in [0.25, 0.3) is 16.6 Å². The van der Waals surface area contributed by atoms with E-state index in [1.165, 1.54) is 50.2 Å². The van der Waals surface area contributed by atoms with Crippen molar-refractivity contribution in [3.8, 4) is 17.3 Å². The van der Waals surface area contributed by atoms with E-state index in [1.54, 1.807) is 45.8 Å². The first kappa shape index (κ1) is 28.5. The average Bonchev–Trinajstić information content (AvgIpc) is 3.66. The zero-order chi connectivity index (χ0) is 31.2. The van der Waals surface area contributed by atoms with E-state index in [4.69, 9.17) is 4.74 Å². The molecule has 0 fully saturated rings. The van der Waals surface area contributed by atoms with Gasteiger partial charge in [-0.05, 0) is 48.5 Å². The van der Waals surface area contributed by atoms with Gasteiger partial charge in [0.15, 0.2) is 5.69 Å². The molecule has 0 bridgehead atoms. The molecular formula is C31H24N10O4. The lowest BCUT2D eigenvalue weighted by molar-refractivity contribution is 0.0953. The summed E-state index contributed by atoms with van der Waals surface area (Å²) >= 11 is 0. The molecule has 6 rings (SSSR count). The van der Waals surface area contributed by atoms with Crippen molar-refractivity contribution in [2.75, 3.05) is 7.11 Å². The molecule has 14 nitrogen and oxygen atoms in total. The Labute approximate surface area is 255 Å². The molecule has 6 aromatic rings. The van der Waals surface area contributed by atoms with E-state index in [-0.39, 0.29) is 24.0 Å². The van der Waals surface area contributed by atoms with Gasteiger partial charge in [0.2, 0.25) is 5.88 Å². The molecule has 0 aliphatic heterocycles. The van der Waals surface area contributed by atoms with Gasteiger partial charge in [-0.1, -0.05) is 23.4 Å². The number of nitrogens with one attached hydrogen (secondary N) is 1. The lowest BCUT2D eigenvalue weighted by Gasteiger charge is -2.06. The highest BCUT2D eigenvalue weighted by Crippen LogP contribution is 2.41.